The Balaban J connectivity index is 1.73. The quantitative estimate of drug-likeness (QED) is 0.479. The molecule has 2 aromatic heterocycles. The number of carbonyl (C=O) groups is 1. The average molecular weight is 445 g/mol. The number of ether oxygens (including phenoxy) is 2. The van der Waals surface area contributed by atoms with Crippen molar-refractivity contribution < 1.29 is 18.7 Å². The molecule has 1 aliphatic heterocycles. The number of pyridine rings is 1. The lowest BCUT2D eigenvalue weighted by molar-refractivity contribution is -0.123. The lowest BCUT2D eigenvalue weighted by Gasteiger charge is -2.19. The molecule has 3 aromatic rings. The third kappa shape index (κ3) is 4.39. The van der Waals surface area contributed by atoms with E-state index in [1.165, 1.54) is 13.4 Å². The highest BCUT2D eigenvalue weighted by molar-refractivity contribution is 5.96. The van der Waals surface area contributed by atoms with Gasteiger partial charge in [-0.15, -0.1) is 0 Å². The number of nitrogens with zero attached hydrogens (tertiary/aromatic N) is 4. The van der Waals surface area contributed by atoms with E-state index in [1.54, 1.807) is 30.7 Å². The van der Waals surface area contributed by atoms with Crippen LogP contribution in [0, 0.1) is 24.3 Å². The Kier molecular flexibility index (Phi) is 6.32. The monoisotopic (exact) mass is 445 g/mol. The van der Waals surface area contributed by atoms with Gasteiger partial charge in [0.25, 0.3) is 5.91 Å². The summed E-state index contributed by atoms with van der Waals surface area (Å²) in [5.41, 5.74) is 1.54. The van der Waals surface area contributed by atoms with Gasteiger partial charge in [0.1, 0.15) is 18.7 Å². The third-order valence-corrected chi connectivity index (χ3v) is 5.51. The number of methoxy groups -OCH3 is 1. The van der Waals surface area contributed by atoms with Gasteiger partial charge in [-0.3, -0.25) is 4.79 Å². The number of benzene rings is 1. The first kappa shape index (κ1) is 22.0. The SMILES string of the molecule is [C-]#[N+]c1cc2c(C#Cc3cncnc3)cnc(OC[C@H]3NC(=O)[C@@H](F)[C@H]3CC)c2cc1OC. The molecule has 1 fully saturated rings. The van der Waals surface area contributed by atoms with E-state index in [2.05, 4.69) is 37.0 Å². The summed E-state index contributed by atoms with van der Waals surface area (Å²) >= 11 is 0. The highest BCUT2D eigenvalue weighted by atomic mass is 19.1. The average Bonchev–Trinajstić information content (AvgIpc) is 3.13. The topological polar surface area (TPSA) is 90.6 Å². The van der Waals surface area contributed by atoms with Gasteiger partial charge < -0.3 is 14.8 Å². The second-order valence-corrected chi connectivity index (χ2v) is 7.44. The van der Waals surface area contributed by atoms with Crippen LogP contribution in [0.3, 0.4) is 0 Å². The van der Waals surface area contributed by atoms with Crippen molar-refractivity contribution in [1.82, 2.24) is 20.3 Å². The summed E-state index contributed by atoms with van der Waals surface area (Å²) in [5.74, 6) is 5.59. The summed E-state index contributed by atoms with van der Waals surface area (Å²) < 4.78 is 25.4. The zero-order valence-corrected chi connectivity index (χ0v) is 18.0. The number of rotatable bonds is 5. The molecule has 33 heavy (non-hydrogen) atoms. The maximum absolute atomic E-state index is 14.1. The first-order chi connectivity index (χ1) is 16.0. The van der Waals surface area contributed by atoms with Crippen LogP contribution in [0.1, 0.15) is 24.5 Å². The Morgan fingerprint density at radius 3 is 2.70 bits per heavy atom. The van der Waals surface area contributed by atoms with Gasteiger partial charge in [-0.05, 0) is 23.9 Å². The fraction of sp³-hybridized carbons (Fsp3) is 0.292. The van der Waals surface area contributed by atoms with E-state index in [-0.39, 0.29) is 12.5 Å². The number of hydrogen-bond donors (Lipinski definition) is 1. The highest BCUT2D eigenvalue weighted by Gasteiger charge is 2.41. The first-order valence-electron chi connectivity index (χ1n) is 10.3. The van der Waals surface area contributed by atoms with Crippen molar-refractivity contribution in [1.29, 1.82) is 0 Å². The lowest BCUT2D eigenvalue weighted by Crippen LogP contribution is -2.34. The Morgan fingerprint density at radius 2 is 2.00 bits per heavy atom. The third-order valence-electron chi connectivity index (χ3n) is 5.51. The Bertz CT molecular complexity index is 1300. The number of carbonyl (C=O) groups excluding carboxylic acids is 1. The molecule has 0 radical (unpaired) electrons. The first-order valence-corrected chi connectivity index (χ1v) is 10.3. The number of alkyl halides is 1. The summed E-state index contributed by atoms with van der Waals surface area (Å²) in [4.78, 5) is 27.6. The van der Waals surface area contributed by atoms with Crippen LogP contribution in [-0.4, -0.2) is 46.8 Å². The maximum Gasteiger partial charge on any atom is 0.255 e. The number of hydrogen-bond acceptors (Lipinski definition) is 6. The largest absolute Gasteiger partial charge is 0.508 e. The van der Waals surface area contributed by atoms with Crippen molar-refractivity contribution in [2.45, 2.75) is 25.6 Å². The van der Waals surface area contributed by atoms with Crippen molar-refractivity contribution in [3.05, 3.63) is 59.6 Å². The van der Waals surface area contributed by atoms with Gasteiger partial charge in [0.2, 0.25) is 11.6 Å². The summed E-state index contributed by atoms with van der Waals surface area (Å²) in [6.45, 7) is 9.36. The normalized spacial score (nSPS) is 19.3. The molecule has 1 amide bonds. The molecule has 1 N–H and O–H groups in total. The predicted octanol–water partition coefficient (Wildman–Crippen LogP) is 3.23. The Labute approximate surface area is 190 Å². The van der Waals surface area contributed by atoms with E-state index in [9.17, 15) is 9.18 Å². The summed E-state index contributed by atoms with van der Waals surface area (Å²) in [6, 6.07) is 2.88. The van der Waals surface area contributed by atoms with E-state index in [1.807, 2.05) is 6.92 Å². The van der Waals surface area contributed by atoms with Gasteiger partial charge in [-0.2, -0.15) is 0 Å². The predicted molar refractivity (Wildman–Crippen MR) is 119 cm³/mol. The van der Waals surface area contributed by atoms with Crippen molar-refractivity contribution in [3.8, 4) is 23.5 Å². The molecule has 166 valence electrons. The molecule has 4 rings (SSSR count). The molecular weight excluding hydrogens is 425 g/mol. The maximum atomic E-state index is 14.1. The molecular formula is C24H20FN5O3. The van der Waals surface area contributed by atoms with Crippen LogP contribution in [0.25, 0.3) is 15.6 Å². The molecule has 1 saturated heterocycles. The molecule has 0 spiro atoms. The van der Waals surface area contributed by atoms with Crippen molar-refractivity contribution in [2.24, 2.45) is 5.92 Å². The number of aromatic nitrogens is 3. The fourth-order valence-electron chi connectivity index (χ4n) is 3.79. The summed E-state index contributed by atoms with van der Waals surface area (Å²) in [6.07, 6.45) is 5.12. The van der Waals surface area contributed by atoms with Crippen LogP contribution in [0.2, 0.25) is 0 Å². The molecule has 1 aliphatic rings. The smallest absolute Gasteiger partial charge is 0.255 e. The molecule has 3 heterocycles. The van der Waals surface area contributed by atoms with Crippen LogP contribution >= 0.6 is 0 Å². The van der Waals surface area contributed by atoms with Crippen molar-refractivity contribution in [2.75, 3.05) is 13.7 Å². The number of amides is 1. The molecule has 3 atom stereocenters. The van der Waals surface area contributed by atoms with E-state index in [0.29, 0.717) is 39.8 Å². The van der Waals surface area contributed by atoms with E-state index in [4.69, 9.17) is 16.0 Å². The lowest BCUT2D eigenvalue weighted by atomic mass is 9.97. The molecule has 0 aliphatic carbocycles. The number of fused-ring (bicyclic) bond motifs is 1. The van der Waals surface area contributed by atoms with Gasteiger partial charge in [-0.25, -0.2) is 24.2 Å². The van der Waals surface area contributed by atoms with Crippen LogP contribution in [0.15, 0.2) is 37.1 Å². The molecule has 0 unspecified atom stereocenters. The number of nitrogens with one attached hydrogen (secondary N) is 1. The molecule has 8 nitrogen and oxygen atoms in total. The van der Waals surface area contributed by atoms with Crippen LogP contribution in [-0.2, 0) is 4.79 Å². The molecule has 0 saturated carbocycles. The summed E-state index contributed by atoms with van der Waals surface area (Å²) in [5, 5.41) is 3.89. The van der Waals surface area contributed by atoms with E-state index >= 15 is 0 Å². The molecule has 0 bridgehead atoms. The molecule has 9 heteroatoms. The Hall–Kier alpha value is -4.24. The zero-order chi connectivity index (χ0) is 23.4. The second kappa shape index (κ2) is 9.49. The van der Waals surface area contributed by atoms with Crippen LogP contribution in [0.4, 0.5) is 10.1 Å². The number of halogens is 1. The van der Waals surface area contributed by atoms with Gasteiger partial charge >= 0.3 is 0 Å². The van der Waals surface area contributed by atoms with Gasteiger partial charge in [0.05, 0.1) is 30.9 Å². The van der Waals surface area contributed by atoms with Crippen LogP contribution in [0.5, 0.6) is 11.6 Å². The summed E-state index contributed by atoms with van der Waals surface area (Å²) in [7, 11) is 1.48. The van der Waals surface area contributed by atoms with E-state index < -0.39 is 24.0 Å². The fourth-order valence-corrected chi connectivity index (χ4v) is 3.79. The van der Waals surface area contributed by atoms with Crippen LogP contribution < -0.4 is 14.8 Å². The minimum atomic E-state index is -1.55. The van der Waals surface area contributed by atoms with Crippen molar-refractivity contribution in [3.63, 3.8) is 0 Å². The Morgan fingerprint density at radius 1 is 1.21 bits per heavy atom. The molecule has 1 aromatic carbocycles. The van der Waals surface area contributed by atoms with E-state index in [0.717, 1.165) is 0 Å². The minimum absolute atomic E-state index is 0.0615. The van der Waals surface area contributed by atoms with Gasteiger partial charge in [0, 0.05) is 29.9 Å². The van der Waals surface area contributed by atoms with Gasteiger partial charge in [-0.1, -0.05) is 18.8 Å². The van der Waals surface area contributed by atoms with Crippen molar-refractivity contribution >= 4 is 22.4 Å². The second-order valence-electron chi connectivity index (χ2n) is 7.44. The highest BCUT2D eigenvalue weighted by Crippen LogP contribution is 2.37. The zero-order valence-electron chi connectivity index (χ0n) is 18.0. The van der Waals surface area contributed by atoms with Gasteiger partial charge in [0.15, 0.2) is 6.17 Å². The standard InChI is InChI=1S/C24H20FN5O3/c1-4-16-20(30-23(31)22(16)25)12-33-24-18-8-21(32-3)19(26-2)7-17(18)15(11-29-24)6-5-14-9-27-13-28-10-14/h7-11,13,16,20,22H,4,12H2,1,3H3,(H,30,31)/t16-,20+,22-/m0/s1. The minimum Gasteiger partial charge on any atom is -0.508 e.